The van der Waals surface area contributed by atoms with E-state index in [2.05, 4.69) is 5.32 Å². The number of rotatable bonds is 3. The number of hydrogen-bond donors (Lipinski definition) is 1. The zero-order valence-electron chi connectivity index (χ0n) is 12.8. The van der Waals surface area contributed by atoms with Crippen LogP contribution in [0.4, 0.5) is 0 Å². The minimum absolute atomic E-state index is 0.172. The monoisotopic (exact) mass is 311 g/mol. The third kappa shape index (κ3) is 2.08. The van der Waals surface area contributed by atoms with Crippen LogP contribution in [0.3, 0.4) is 0 Å². The molecule has 23 heavy (non-hydrogen) atoms. The average molecular weight is 311 g/mol. The van der Waals surface area contributed by atoms with Gasteiger partial charge >= 0.3 is 0 Å². The van der Waals surface area contributed by atoms with Gasteiger partial charge in [0.1, 0.15) is 13.2 Å². The van der Waals surface area contributed by atoms with Crippen LogP contribution >= 0.6 is 0 Å². The Balaban J connectivity index is 1.93. The second-order valence-corrected chi connectivity index (χ2v) is 5.48. The molecule has 0 bridgehead atoms. The predicted molar refractivity (Wildman–Crippen MR) is 83.7 cm³/mol. The molecule has 118 valence electrons. The van der Waals surface area contributed by atoms with Crippen molar-refractivity contribution < 1.29 is 19.0 Å². The Morgan fingerprint density at radius 1 is 1.13 bits per heavy atom. The van der Waals surface area contributed by atoms with Crippen LogP contribution in [0.15, 0.2) is 42.5 Å². The van der Waals surface area contributed by atoms with Crippen LogP contribution in [0.5, 0.6) is 11.5 Å². The second-order valence-electron chi connectivity index (χ2n) is 5.48. The van der Waals surface area contributed by atoms with Crippen molar-refractivity contribution >= 4 is 5.91 Å². The summed E-state index contributed by atoms with van der Waals surface area (Å²) in [5.41, 5.74) is 1.22. The lowest BCUT2D eigenvalue weighted by atomic mass is 9.93. The van der Waals surface area contributed by atoms with Gasteiger partial charge in [-0.1, -0.05) is 30.3 Å². The van der Waals surface area contributed by atoms with E-state index in [1.165, 1.54) is 0 Å². The van der Waals surface area contributed by atoms with Gasteiger partial charge in [0.15, 0.2) is 17.2 Å². The Labute approximate surface area is 134 Å². The molecule has 1 N–H and O–H groups in total. The molecule has 5 nitrogen and oxygen atoms in total. The fourth-order valence-electron chi connectivity index (χ4n) is 3.18. The molecular weight excluding hydrogens is 294 g/mol. The summed E-state index contributed by atoms with van der Waals surface area (Å²) in [7, 11) is 0. The van der Waals surface area contributed by atoms with E-state index in [1.54, 1.807) is 6.07 Å². The quantitative estimate of drug-likeness (QED) is 0.946. The van der Waals surface area contributed by atoms with Crippen molar-refractivity contribution in [3.05, 3.63) is 59.2 Å². The summed E-state index contributed by atoms with van der Waals surface area (Å²) in [4.78, 5) is 12.5. The molecule has 0 radical (unpaired) electrons. The Hall–Kier alpha value is -2.53. The number of fused-ring (bicyclic) bond motifs is 2. The van der Waals surface area contributed by atoms with Gasteiger partial charge in [-0.3, -0.25) is 4.79 Å². The van der Waals surface area contributed by atoms with Gasteiger partial charge in [-0.2, -0.15) is 0 Å². The van der Waals surface area contributed by atoms with Crippen LogP contribution in [0.2, 0.25) is 0 Å². The summed E-state index contributed by atoms with van der Waals surface area (Å²) in [5.74, 6) is 1.08. The lowest BCUT2D eigenvalue weighted by molar-refractivity contribution is -0.0258. The Kier molecular flexibility index (Phi) is 3.23. The fourth-order valence-corrected chi connectivity index (χ4v) is 3.18. The van der Waals surface area contributed by atoms with Crippen LogP contribution in [-0.4, -0.2) is 25.7 Å². The van der Waals surface area contributed by atoms with E-state index >= 15 is 0 Å². The minimum Gasteiger partial charge on any atom is -0.486 e. The molecule has 4 rings (SSSR count). The van der Waals surface area contributed by atoms with Crippen molar-refractivity contribution in [2.45, 2.75) is 12.6 Å². The fraction of sp³-hybridized carbons (Fsp3) is 0.278. The molecule has 0 saturated heterocycles. The predicted octanol–water partition coefficient (Wildman–Crippen LogP) is 2.44. The zero-order chi connectivity index (χ0) is 15.9. The lowest BCUT2D eigenvalue weighted by Gasteiger charge is -2.31. The molecule has 0 unspecified atom stereocenters. The Morgan fingerprint density at radius 3 is 2.52 bits per heavy atom. The summed E-state index contributed by atoms with van der Waals surface area (Å²) < 4.78 is 17.3. The molecule has 0 spiro atoms. The highest BCUT2D eigenvalue weighted by molar-refractivity contribution is 6.01. The van der Waals surface area contributed by atoms with Crippen molar-refractivity contribution in [2.75, 3.05) is 19.8 Å². The Bertz CT molecular complexity index is 759. The molecule has 0 fully saturated rings. The molecule has 2 aliphatic rings. The third-order valence-corrected chi connectivity index (χ3v) is 4.14. The van der Waals surface area contributed by atoms with Gasteiger partial charge in [-0.15, -0.1) is 0 Å². The van der Waals surface area contributed by atoms with E-state index in [-0.39, 0.29) is 5.91 Å². The standard InChI is InChI=1S/C18H17NO4/c1-2-23-18(12-6-4-3-5-7-12)14-11-16-15(21-8-9-22-16)10-13(14)17(20)19-18/h3-7,10-11H,2,8-9H2,1H3,(H,19,20)/t18-/m1/s1. The number of carbonyl (C=O) groups is 1. The highest BCUT2D eigenvalue weighted by atomic mass is 16.6. The van der Waals surface area contributed by atoms with E-state index in [4.69, 9.17) is 14.2 Å². The number of amides is 1. The molecule has 0 aliphatic carbocycles. The van der Waals surface area contributed by atoms with Crippen molar-refractivity contribution in [1.82, 2.24) is 5.32 Å². The van der Waals surface area contributed by atoms with Crippen molar-refractivity contribution in [3.8, 4) is 11.5 Å². The van der Waals surface area contributed by atoms with Gasteiger partial charge in [-0.25, -0.2) is 0 Å². The van der Waals surface area contributed by atoms with Gasteiger partial charge in [0.25, 0.3) is 5.91 Å². The highest BCUT2D eigenvalue weighted by Crippen LogP contribution is 2.44. The van der Waals surface area contributed by atoms with Gasteiger partial charge in [0.2, 0.25) is 0 Å². The van der Waals surface area contributed by atoms with Crippen LogP contribution in [0, 0.1) is 0 Å². The second kappa shape index (κ2) is 5.28. The number of ether oxygens (including phenoxy) is 3. The molecule has 5 heteroatoms. The lowest BCUT2D eigenvalue weighted by Crippen LogP contribution is -2.43. The zero-order valence-corrected chi connectivity index (χ0v) is 12.8. The van der Waals surface area contributed by atoms with E-state index < -0.39 is 5.72 Å². The van der Waals surface area contributed by atoms with Crippen molar-refractivity contribution in [3.63, 3.8) is 0 Å². The van der Waals surface area contributed by atoms with Crippen LogP contribution in [0.1, 0.15) is 28.4 Å². The summed E-state index contributed by atoms with van der Waals surface area (Å²) in [6.07, 6.45) is 0. The molecular formula is C18H17NO4. The molecule has 2 aromatic rings. The normalized spacial score (nSPS) is 21.7. The largest absolute Gasteiger partial charge is 0.486 e. The van der Waals surface area contributed by atoms with Crippen LogP contribution < -0.4 is 14.8 Å². The third-order valence-electron chi connectivity index (χ3n) is 4.14. The molecule has 2 aromatic carbocycles. The summed E-state index contributed by atoms with van der Waals surface area (Å²) in [5, 5.41) is 3.00. The average Bonchev–Trinajstić information content (AvgIpc) is 2.87. The van der Waals surface area contributed by atoms with Crippen molar-refractivity contribution in [2.24, 2.45) is 0 Å². The van der Waals surface area contributed by atoms with E-state index in [0.29, 0.717) is 36.9 Å². The first-order chi connectivity index (χ1) is 11.2. The molecule has 2 aliphatic heterocycles. The SMILES string of the molecule is CCO[C@@]1(c2ccccc2)NC(=O)c2cc3c(cc21)OCCO3. The first-order valence-electron chi connectivity index (χ1n) is 7.71. The number of benzene rings is 2. The first kappa shape index (κ1) is 14.1. The number of carbonyl (C=O) groups excluding carboxylic acids is 1. The van der Waals surface area contributed by atoms with Gasteiger partial charge in [0.05, 0.1) is 5.56 Å². The minimum atomic E-state index is -0.988. The number of nitrogens with one attached hydrogen (secondary N) is 1. The maximum atomic E-state index is 12.5. The summed E-state index contributed by atoms with van der Waals surface area (Å²) >= 11 is 0. The maximum absolute atomic E-state index is 12.5. The molecule has 1 atom stereocenters. The molecule has 1 amide bonds. The van der Waals surface area contributed by atoms with Gasteiger partial charge < -0.3 is 19.5 Å². The molecule has 2 heterocycles. The summed E-state index contributed by atoms with van der Waals surface area (Å²) in [6, 6.07) is 13.3. The van der Waals surface area contributed by atoms with Crippen LogP contribution in [0.25, 0.3) is 0 Å². The van der Waals surface area contributed by atoms with Crippen molar-refractivity contribution in [1.29, 1.82) is 0 Å². The van der Waals surface area contributed by atoms with Gasteiger partial charge in [0, 0.05) is 17.7 Å². The maximum Gasteiger partial charge on any atom is 0.254 e. The topological polar surface area (TPSA) is 56.8 Å². The van der Waals surface area contributed by atoms with Crippen LogP contribution in [-0.2, 0) is 10.5 Å². The van der Waals surface area contributed by atoms with E-state index in [9.17, 15) is 4.79 Å². The summed E-state index contributed by atoms with van der Waals surface area (Å²) in [6.45, 7) is 3.36. The van der Waals surface area contributed by atoms with E-state index in [1.807, 2.05) is 43.3 Å². The first-order valence-corrected chi connectivity index (χ1v) is 7.71. The molecule has 0 aromatic heterocycles. The van der Waals surface area contributed by atoms with E-state index in [0.717, 1.165) is 11.1 Å². The molecule has 0 saturated carbocycles. The van der Waals surface area contributed by atoms with Gasteiger partial charge in [-0.05, 0) is 19.1 Å². The smallest absolute Gasteiger partial charge is 0.254 e. The highest BCUT2D eigenvalue weighted by Gasteiger charge is 2.46. The number of hydrogen-bond acceptors (Lipinski definition) is 4. The Morgan fingerprint density at radius 2 is 1.83 bits per heavy atom.